The number of aromatic nitrogens is 3. The van der Waals surface area contributed by atoms with E-state index in [9.17, 15) is 4.79 Å². The second kappa shape index (κ2) is 10.4. The van der Waals surface area contributed by atoms with Crippen LogP contribution in [0.5, 0.6) is 0 Å². The van der Waals surface area contributed by atoms with Crippen LogP contribution in [0.4, 0.5) is 4.79 Å². The topological polar surface area (TPSA) is 69.5 Å². The lowest BCUT2D eigenvalue weighted by atomic mass is 9.91. The Labute approximate surface area is 201 Å². The largest absolute Gasteiger partial charge is 0.444 e. The van der Waals surface area contributed by atoms with Crippen molar-refractivity contribution in [2.45, 2.75) is 64.4 Å². The minimum Gasteiger partial charge on any atom is -0.444 e. The summed E-state index contributed by atoms with van der Waals surface area (Å²) in [5.41, 5.74) is 2.63. The molecule has 7 nitrogen and oxygen atoms in total. The summed E-state index contributed by atoms with van der Waals surface area (Å²) in [6, 6.07) is 20.4. The first-order valence-corrected chi connectivity index (χ1v) is 11.9. The Morgan fingerprint density at radius 3 is 2.44 bits per heavy atom. The molecule has 2 aromatic carbocycles. The van der Waals surface area contributed by atoms with E-state index in [0.29, 0.717) is 19.7 Å². The molecule has 1 unspecified atom stereocenters. The van der Waals surface area contributed by atoms with Crippen LogP contribution in [0, 0.1) is 0 Å². The van der Waals surface area contributed by atoms with Crippen LogP contribution < -0.4 is 0 Å². The van der Waals surface area contributed by atoms with E-state index in [4.69, 9.17) is 9.47 Å². The first-order valence-electron chi connectivity index (χ1n) is 11.9. The molecule has 1 aromatic heterocycles. The summed E-state index contributed by atoms with van der Waals surface area (Å²) in [6.07, 6.45) is 2.24. The second-order valence-electron chi connectivity index (χ2n) is 9.87. The Morgan fingerprint density at radius 2 is 1.76 bits per heavy atom. The van der Waals surface area contributed by atoms with E-state index in [-0.39, 0.29) is 24.2 Å². The third kappa shape index (κ3) is 6.03. The molecule has 4 rings (SSSR count). The number of likely N-dealkylation sites (tertiary alicyclic amines) is 1. The Hall–Kier alpha value is -3.19. The summed E-state index contributed by atoms with van der Waals surface area (Å²) in [5.74, 6) is 0.0409. The summed E-state index contributed by atoms with van der Waals surface area (Å²) in [6.45, 7) is 9.27. The van der Waals surface area contributed by atoms with Crippen LogP contribution in [-0.2, 0) is 16.1 Å². The van der Waals surface area contributed by atoms with E-state index >= 15 is 0 Å². The molecular formula is C27H34N4O3. The van der Waals surface area contributed by atoms with Crippen molar-refractivity contribution >= 4 is 6.09 Å². The van der Waals surface area contributed by atoms with Gasteiger partial charge in [-0.1, -0.05) is 65.9 Å². The van der Waals surface area contributed by atoms with Gasteiger partial charge in [0.05, 0.1) is 31.0 Å². The van der Waals surface area contributed by atoms with Crippen LogP contribution >= 0.6 is 0 Å². The maximum absolute atomic E-state index is 12.7. The Balaban J connectivity index is 1.51. The predicted octanol–water partition coefficient (Wildman–Crippen LogP) is 5.20. The third-order valence-corrected chi connectivity index (χ3v) is 6.10. The van der Waals surface area contributed by atoms with E-state index in [0.717, 1.165) is 17.7 Å². The molecular weight excluding hydrogens is 428 g/mol. The molecule has 0 bridgehead atoms. The molecule has 180 valence electrons. The lowest BCUT2D eigenvalue weighted by molar-refractivity contribution is -0.0366. The number of carbonyl (C=O) groups excluding carboxylic acids is 1. The van der Waals surface area contributed by atoms with E-state index in [2.05, 4.69) is 29.4 Å². The van der Waals surface area contributed by atoms with Gasteiger partial charge in [-0.3, -0.25) is 0 Å². The van der Waals surface area contributed by atoms with Crippen LogP contribution in [0.1, 0.15) is 62.9 Å². The maximum Gasteiger partial charge on any atom is 0.410 e. The van der Waals surface area contributed by atoms with E-state index in [1.54, 1.807) is 4.90 Å². The van der Waals surface area contributed by atoms with Crippen molar-refractivity contribution in [1.82, 2.24) is 19.9 Å². The van der Waals surface area contributed by atoms with Crippen LogP contribution in [0.3, 0.4) is 0 Å². The van der Waals surface area contributed by atoms with Gasteiger partial charge in [0.1, 0.15) is 5.60 Å². The molecule has 0 saturated carbocycles. The smallest absolute Gasteiger partial charge is 0.410 e. The number of amides is 1. The number of ether oxygens (including phenoxy) is 2. The molecule has 0 spiro atoms. The molecule has 1 aliphatic heterocycles. The zero-order valence-electron chi connectivity index (χ0n) is 20.4. The van der Waals surface area contributed by atoms with Crippen molar-refractivity contribution in [3.63, 3.8) is 0 Å². The SMILES string of the molecule is CC(c1ccccc1)n1cc([C@@H]2CCN(C(=O)OC(C)(C)C)C[C@H]2OCc2ccccc2)nn1. The molecule has 1 amide bonds. The van der Waals surface area contributed by atoms with Crippen molar-refractivity contribution in [1.29, 1.82) is 0 Å². The summed E-state index contributed by atoms with van der Waals surface area (Å²) in [5, 5.41) is 8.95. The monoisotopic (exact) mass is 462 g/mol. The third-order valence-electron chi connectivity index (χ3n) is 6.10. The van der Waals surface area contributed by atoms with Gasteiger partial charge in [-0.15, -0.1) is 5.10 Å². The number of piperidine rings is 1. The molecule has 0 N–H and O–H groups in total. The average Bonchev–Trinajstić information content (AvgIpc) is 3.32. The molecule has 2 heterocycles. The van der Waals surface area contributed by atoms with Gasteiger partial charge >= 0.3 is 6.09 Å². The molecule has 34 heavy (non-hydrogen) atoms. The van der Waals surface area contributed by atoms with Gasteiger partial charge in [0.2, 0.25) is 0 Å². The summed E-state index contributed by atoms with van der Waals surface area (Å²) < 4.78 is 13.9. The standard InChI is InChI=1S/C27H34N4O3/c1-20(22-13-9-6-10-14-22)31-17-24(28-29-31)23-15-16-30(26(32)34-27(2,3)4)18-25(23)33-19-21-11-7-5-8-12-21/h5-14,17,20,23,25H,15-16,18-19H2,1-4H3/t20?,23-,25+/m0/s1. The molecule has 3 atom stereocenters. The fourth-order valence-corrected chi connectivity index (χ4v) is 4.23. The van der Waals surface area contributed by atoms with Crippen LogP contribution in [0.2, 0.25) is 0 Å². The summed E-state index contributed by atoms with van der Waals surface area (Å²) in [4.78, 5) is 14.5. The highest BCUT2D eigenvalue weighted by atomic mass is 16.6. The van der Waals surface area contributed by atoms with Gasteiger partial charge in [0.15, 0.2) is 0 Å². The van der Waals surface area contributed by atoms with Crippen molar-refractivity contribution in [2.24, 2.45) is 0 Å². The number of carbonyl (C=O) groups is 1. The summed E-state index contributed by atoms with van der Waals surface area (Å²) >= 11 is 0. The van der Waals surface area contributed by atoms with Crippen LogP contribution in [0.25, 0.3) is 0 Å². The Kier molecular flexibility index (Phi) is 7.32. The first-order chi connectivity index (χ1) is 16.3. The van der Waals surface area contributed by atoms with Gasteiger partial charge in [-0.25, -0.2) is 9.48 Å². The summed E-state index contributed by atoms with van der Waals surface area (Å²) in [7, 11) is 0. The van der Waals surface area contributed by atoms with E-state index in [1.807, 2.05) is 80.2 Å². The van der Waals surface area contributed by atoms with E-state index in [1.165, 1.54) is 5.56 Å². The number of hydrogen-bond acceptors (Lipinski definition) is 5. The van der Waals surface area contributed by atoms with Crippen LogP contribution in [-0.4, -0.2) is 50.8 Å². The highest BCUT2D eigenvalue weighted by Gasteiger charge is 2.36. The fraction of sp³-hybridized carbons (Fsp3) is 0.444. The van der Waals surface area contributed by atoms with Gasteiger partial charge in [0.25, 0.3) is 0 Å². The van der Waals surface area contributed by atoms with Crippen LogP contribution in [0.15, 0.2) is 66.9 Å². The van der Waals surface area contributed by atoms with Gasteiger partial charge < -0.3 is 14.4 Å². The number of hydrogen-bond donors (Lipinski definition) is 0. The molecule has 7 heteroatoms. The van der Waals surface area contributed by atoms with Crippen molar-refractivity contribution in [3.05, 3.63) is 83.7 Å². The lowest BCUT2D eigenvalue weighted by Crippen LogP contribution is -2.48. The normalized spacial score (nSPS) is 19.6. The zero-order chi connectivity index (χ0) is 24.1. The van der Waals surface area contributed by atoms with Crippen molar-refractivity contribution < 1.29 is 14.3 Å². The minimum atomic E-state index is -0.537. The Morgan fingerprint density at radius 1 is 1.09 bits per heavy atom. The maximum atomic E-state index is 12.7. The second-order valence-corrected chi connectivity index (χ2v) is 9.87. The molecule has 1 fully saturated rings. The molecule has 0 radical (unpaired) electrons. The number of nitrogens with zero attached hydrogens (tertiary/aromatic N) is 4. The molecule has 3 aromatic rings. The van der Waals surface area contributed by atoms with Crippen molar-refractivity contribution in [3.8, 4) is 0 Å². The van der Waals surface area contributed by atoms with E-state index < -0.39 is 5.60 Å². The van der Waals surface area contributed by atoms with Gasteiger partial charge in [0, 0.05) is 18.7 Å². The molecule has 1 saturated heterocycles. The quantitative estimate of drug-likeness (QED) is 0.504. The first kappa shape index (κ1) is 24.0. The Bertz CT molecular complexity index is 1060. The predicted molar refractivity (Wildman–Crippen MR) is 130 cm³/mol. The number of benzene rings is 2. The molecule has 0 aliphatic carbocycles. The van der Waals surface area contributed by atoms with Crippen molar-refractivity contribution in [2.75, 3.05) is 13.1 Å². The fourth-order valence-electron chi connectivity index (χ4n) is 4.23. The lowest BCUT2D eigenvalue weighted by Gasteiger charge is -2.38. The average molecular weight is 463 g/mol. The number of rotatable bonds is 6. The minimum absolute atomic E-state index is 0.0409. The molecule has 1 aliphatic rings. The van der Waals surface area contributed by atoms with Gasteiger partial charge in [-0.05, 0) is 45.2 Å². The highest BCUT2D eigenvalue weighted by Crippen LogP contribution is 2.31. The highest BCUT2D eigenvalue weighted by molar-refractivity contribution is 5.68. The zero-order valence-corrected chi connectivity index (χ0v) is 20.4. The van der Waals surface area contributed by atoms with Gasteiger partial charge in [-0.2, -0.15) is 0 Å².